The lowest BCUT2D eigenvalue weighted by atomic mass is 10.1. The molecular weight excluding hydrogens is 172 g/mol. The molecule has 0 spiro atoms. The fourth-order valence-corrected chi connectivity index (χ4v) is 1.08. The lowest BCUT2D eigenvalue weighted by molar-refractivity contribution is -0.138. The molecule has 0 bridgehead atoms. The van der Waals surface area contributed by atoms with Gasteiger partial charge in [-0.2, -0.15) is 0 Å². The van der Waals surface area contributed by atoms with Crippen molar-refractivity contribution in [2.45, 2.75) is 26.8 Å². The van der Waals surface area contributed by atoms with Gasteiger partial charge < -0.3 is 5.11 Å². The van der Waals surface area contributed by atoms with Gasteiger partial charge in [0.05, 0.1) is 0 Å². The van der Waals surface area contributed by atoms with Crippen LogP contribution < -0.4 is 0 Å². The summed E-state index contributed by atoms with van der Waals surface area (Å²) in [7, 11) is 0. The van der Waals surface area contributed by atoms with Gasteiger partial charge in [-0.05, 0) is 23.3 Å². The third-order valence-corrected chi connectivity index (χ3v) is 1.72. The summed E-state index contributed by atoms with van der Waals surface area (Å²) in [6.07, 6.45) is 0.138. The van der Waals surface area contributed by atoms with Gasteiger partial charge in [0.15, 0.2) is 0 Å². The molecule has 0 radical (unpaired) electrons. The molecule has 1 unspecified atom stereocenters. The molecule has 1 N–H and O–H groups in total. The molecule has 0 saturated carbocycles. The second kappa shape index (κ2) is 3.97. The van der Waals surface area contributed by atoms with Crippen LogP contribution in [0.1, 0.15) is 19.2 Å². The van der Waals surface area contributed by atoms with E-state index in [4.69, 9.17) is 5.11 Å². The van der Waals surface area contributed by atoms with Crippen LogP contribution in [-0.4, -0.2) is 31.3 Å². The Hall–Kier alpha value is -1.46. The van der Waals surface area contributed by atoms with Gasteiger partial charge in [-0.15, -0.1) is 5.10 Å². The number of tetrazole rings is 1. The maximum absolute atomic E-state index is 10.4. The summed E-state index contributed by atoms with van der Waals surface area (Å²) in [6, 6.07) is 0. The Balaban J connectivity index is 2.49. The Morgan fingerprint density at radius 3 is 2.85 bits per heavy atom. The zero-order chi connectivity index (χ0) is 9.84. The molecule has 1 heterocycles. The van der Waals surface area contributed by atoms with Gasteiger partial charge in [0, 0.05) is 13.0 Å². The van der Waals surface area contributed by atoms with Crippen LogP contribution in [0.5, 0.6) is 0 Å². The van der Waals surface area contributed by atoms with Crippen LogP contribution >= 0.6 is 0 Å². The summed E-state index contributed by atoms with van der Waals surface area (Å²) in [5, 5.41) is 19.4. The number of nitrogens with zero attached hydrogens (tertiary/aromatic N) is 4. The first-order valence-electron chi connectivity index (χ1n) is 4.04. The predicted molar refractivity (Wildman–Crippen MR) is 44.0 cm³/mol. The smallest absolute Gasteiger partial charge is 0.303 e. The number of aryl methyl sites for hydroxylation is 1. The molecule has 13 heavy (non-hydrogen) atoms. The summed E-state index contributed by atoms with van der Waals surface area (Å²) < 4.78 is 1.60. The monoisotopic (exact) mass is 184 g/mol. The fraction of sp³-hybridized carbons (Fsp3) is 0.714. The Morgan fingerprint density at radius 1 is 1.69 bits per heavy atom. The largest absolute Gasteiger partial charge is 0.481 e. The summed E-state index contributed by atoms with van der Waals surface area (Å²) in [6.45, 7) is 4.19. The molecule has 6 heteroatoms. The average Bonchev–Trinajstić information content (AvgIpc) is 2.34. The highest BCUT2D eigenvalue weighted by molar-refractivity contribution is 5.66. The van der Waals surface area contributed by atoms with Crippen LogP contribution in [0.4, 0.5) is 0 Å². The highest BCUT2D eigenvalue weighted by Gasteiger charge is 2.10. The van der Waals surface area contributed by atoms with E-state index in [2.05, 4.69) is 15.5 Å². The number of carbonyl (C=O) groups is 1. The normalized spacial score (nSPS) is 12.8. The highest BCUT2D eigenvalue weighted by Crippen LogP contribution is 2.05. The molecular formula is C7H12N4O2. The van der Waals surface area contributed by atoms with Crippen molar-refractivity contribution in [1.82, 2.24) is 20.2 Å². The molecule has 1 atom stereocenters. The van der Waals surface area contributed by atoms with Crippen LogP contribution in [0.25, 0.3) is 0 Å². The second-order valence-corrected chi connectivity index (χ2v) is 3.11. The number of hydrogen-bond acceptors (Lipinski definition) is 4. The molecule has 1 aromatic heterocycles. The number of carboxylic acids is 1. The van der Waals surface area contributed by atoms with Crippen LogP contribution in [0, 0.1) is 12.8 Å². The number of hydrogen-bond donors (Lipinski definition) is 1. The zero-order valence-corrected chi connectivity index (χ0v) is 7.64. The third kappa shape index (κ3) is 2.81. The average molecular weight is 184 g/mol. The van der Waals surface area contributed by atoms with E-state index in [-0.39, 0.29) is 12.3 Å². The minimum absolute atomic E-state index is 0.0414. The summed E-state index contributed by atoms with van der Waals surface area (Å²) in [5.74, 6) is -0.0461. The van der Waals surface area contributed by atoms with Crippen molar-refractivity contribution in [2.24, 2.45) is 5.92 Å². The van der Waals surface area contributed by atoms with Gasteiger partial charge in [0.25, 0.3) is 0 Å². The van der Waals surface area contributed by atoms with Crippen molar-refractivity contribution in [3.05, 3.63) is 5.82 Å². The van der Waals surface area contributed by atoms with Gasteiger partial charge >= 0.3 is 5.97 Å². The molecule has 0 aliphatic carbocycles. The molecule has 0 saturated heterocycles. The molecule has 6 nitrogen and oxygen atoms in total. The third-order valence-electron chi connectivity index (χ3n) is 1.72. The number of rotatable bonds is 4. The van der Waals surface area contributed by atoms with Crippen LogP contribution in [0.2, 0.25) is 0 Å². The van der Waals surface area contributed by atoms with E-state index < -0.39 is 5.97 Å². The summed E-state index contributed by atoms with van der Waals surface area (Å²) in [5.41, 5.74) is 0. The van der Waals surface area contributed by atoms with E-state index >= 15 is 0 Å². The summed E-state index contributed by atoms with van der Waals surface area (Å²) >= 11 is 0. The predicted octanol–water partition coefficient (Wildman–Crippen LogP) is 0.0923. The van der Waals surface area contributed by atoms with Crippen molar-refractivity contribution >= 4 is 5.97 Å². The highest BCUT2D eigenvalue weighted by atomic mass is 16.4. The first-order valence-corrected chi connectivity index (χ1v) is 4.04. The Morgan fingerprint density at radius 2 is 2.38 bits per heavy atom. The van der Waals surface area contributed by atoms with Crippen molar-refractivity contribution in [2.75, 3.05) is 0 Å². The SMILES string of the molecule is Cc1nnnn1CC(C)CC(=O)O. The molecule has 0 aromatic carbocycles. The molecule has 0 aliphatic rings. The van der Waals surface area contributed by atoms with Gasteiger partial charge in [-0.25, -0.2) is 4.68 Å². The first kappa shape index (κ1) is 9.63. The Kier molecular flexibility index (Phi) is 2.94. The molecule has 1 aromatic rings. The quantitative estimate of drug-likeness (QED) is 0.717. The van der Waals surface area contributed by atoms with Gasteiger partial charge in [0.2, 0.25) is 0 Å². The van der Waals surface area contributed by atoms with E-state index in [1.807, 2.05) is 6.92 Å². The maximum atomic E-state index is 10.4. The van der Waals surface area contributed by atoms with E-state index in [1.54, 1.807) is 11.6 Å². The minimum Gasteiger partial charge on any atom is -0.481 e. The van der Waals surface area contributed by atoms with Crippen molar-refractivity contribution < 1.29 is 9.90 Å². The maximum Gasteiger partial charge on any atom is 0.303 e. The van der Waals surface area contributed by atoms with Gasteiger partial charge in [-0.3, -0.25) is 4.79 Å². The molecule has 1 rings (SSSR count). The minimum atomic E-state index is -0.793. The van der Waals surface area contributed by atoms with E-state index in [0.29, 0.717) is 12.4 Å². The van der Waals surface area contributed by atoms with Crippen LogP contribution in [0.15, 0.2) is 0 Å². The fourth-order valence-electron chi connectivity index (χ4n) is 1.08. The van der Waals surface area contributed by atoms with E-state index in [9.17, 15) is 4.79 Å². The molecule has 72 valence electrons. The van der Waals surface area contributed by atoms with Crippen LogP contribution in [-0.2, 0) is 11.3 Å². The number of aromatic nitrogens is 4. The van der Waals surface area contributed by atoms with E-state index in [0.717, 1.165) is 0 Å². The summed E-state index contributed by atoms with van der Waals surface area (Å²) in [4.78, 5) is 10.4. The van der Waals surface area contributed by atoms with Crippen molar-refractivity contribution in [3.63, 3.8) is 0 Å². The standard InChI is InChI=1S/C7H12N4O2/c1-5(3-7(12)13)4-11-6(2)8-9-10-11/h5H,3-4H2,1-2H3,(H,12,13). The first-order chi connectivity index (χ1) is 6.09. The zero-order valence-electron chi connectivity index (χ0n) is 7.64. The van der Waals surface area contributed by atoms with Crippen LogP contribution in [0.3, 0.4) is 0 Å². The van der Waals surface area contributed by atoms with Crippen molar-refractivity contribution in [3.8, 4) is 0 Å². The number of aliphatic carboxylic acids is 1. The lowest BCUT2D eigenvalue weighted by Crippen LogP contribution is -2.14. The lowest BCUT2D eigenvalue weighted by Gasteiger charge is -2.07. The topological polar surface area (TPSA) is 80.9 Å². The second-order valence-electron chi connectivity index (χ2n) is 3.11. The molecule has 0 aliphatic heterocycles. The Labute approximate surface area is 75.6 Å². The van der Waals surface area contributed by atoms with Crippen molar-refractivity contribution in [1.29, 1.82) is 0 Å². The van der Waals surface area contributed by atoms with Gasteiger partial charge in [0.1, 0.15) is 5.82 Å². The molecule has 0 amide bonds. The molecule has 0 fully saturated rings. The number of carboxylic acid groups (broad SMARTS) is 1. The Bertz CT molecular complexity index is 296. The van der Waals surface area contributed by atoms with E-state index in [1.165, 1.54) is 0 Å². The van der Waals surface area contributed by atoms with Gasteiger partial charge in [-0.1, -0.05) is 6.92 Å².